The molecule has 0 saturated carbocycles. The Morgan fingerprint density at radius 2 is 1.81 bits per heavy atom. The number of fused-ring (bicyclic) bond motifs is 3. The fourth-order valence-corrected chi connectivity index (χ4v) is 4.18. The summed E-state index contributed by atoms with van der Waals surface area (Å²) in [6, 6.07) is 16.3. The highest BCUT2D eigenvalue weighted by Crippen LogP contribution is 2.32. The number of carbonyl (C=O) groups is 1. The van der Waals surface area contributed by atoms with Crippen molar-refractivity contribution >= 4 is 28.0 Å². The number of aliphatic hydroxyl groups excluding tert-OH is 1. The number of nitrogens with one attached hydrogen (secondary N) is 1. The second-order valence-electron chi connectivity index (χ2n) is 8.64. The van der Waals surface area contributed by atoms with Crippen LogP contribution in [0.3, 0.4) is 0 Å². The summed E-state index contributed by atoms with van der Waals surface area (Å²) in [5.41, 5.74) is 0.943. The van der Waals surface area contributed by atoms with E-state index in [0.29, 0.717) is 33.3 Å². The van der Waals surface area contributed by atoms with Gasteiger partial charge in [-0.2, -0.15) is 23.1 Å². The van der Waals surface area contributed by atoms with Crippen molar-refractivity contribution in [2.45, 2.75) is 18.6 Å². The van der Waals surface area contributed by atoms with Crippen LogP contribution in [-0.2, 0) is 18.8 Å². The molecule has 8 nitrogen and oxygen atoms in total. The molecule has 0 aliphatic heterocycles. The third kappa shape index (κ3) is 3.97. The maximum absolute atomic E-state index is 13.2. The van der Waals surface area contributed by atoms with Crippen molar-refractivity contribution in [1.29, 1.82) is 0 Å². The quantitative estimate of drug-likeness (QED) is 0.386. The van der Waals surface area contributed by atoms with E-state index in [4.69, 9.17) is 0 Å². The van der Waals surface area contributed by atoms with Gasteiger partial charge >= 0.3 is 6.18 Å². The highest BCUT2D eigenvalue weighted by molar-refractivity contribution is 6.09. The lowest BCUT2D eigenvalue weighted by Gasteiger charge is -2.29. The van der Waals surface area contributed by atoms with Crippen molar-refractivity contribution in [3.05, 3.63) is 83.7 Å². The first-order valence-corrected chi connectivity index (χ1v) is 11.0. The predicted octanol–water partition coefficient (Wildman–Crippen LogP) is 3.96. The zero-order chi connectivity index (χ0) is 25.7. The number of amides is 1. The second kappa shape index (κ2) is 8.45. The molecule has 3 heterocycles. The van der Waals surface area contributed by atoms with Gasteiger partial charge < -0.3 is 10.4 Å². The van der Waals surface area contributed by atoms with E-state index in [0.717, 1.165) is 17.8 Å². The molecule has 36 heavy (non-hydrogen) atoms. The zero-order valence-corrected chi connectivity index (χ0v) is 19.3. The van der Waals surface area contributed by atoms with Crippen molar-refractivity contribution in [3.63, 3.8) is 0 Å². The van der Waals surface area contributed by atoms with Gasteiger partial charge in [0.2, 0.25) is 0 Å². The van der Waals surface area contributed by atoms with E-state index in [9.17, 15) is 23.1 Å². The Morgan fingerprint density at radius 3 is 2.44 bits per heavy atom. The third-order valence-corrected chi connectivity index (χ3v) is 6.08. The Balaban J connectivity index is 1.58. The number of hydrogen-bond acceptors (Lipinski definition) is 5. The topological polar surface area (TPSA) is 97.9 Å². The third-order valence-electron chi connectivity index (χ3n) is 6.08. The smallest absolute Gasteiger partial charge is 0.394 e. The molecule has 2 aromatic carbocycles. The molecular weight excluding hydrogens is 473 g/mol. The van der Waals surface area contributed by atoms with Crippen LogP contribution >= 0.6 is 0 Å². The van der Waals surface area contributed by atoms with Crippen molar-refractivity contribution < 1.29 is 23.1 Å². The maximum atomic E-state index is 13.2. The first kappa shape index (κ1) is 23.5. The number of aromatic nitrogens is 5. The summed E-state index contributed by atoms with van der Waals surface area (Å²) < 4.78 is 40.6. The molecule has 1 atom stereocenters. The molecule has 0 bridgehead atoms. The van der Waals surface area contributed by atoms with E-state index in [1.165, 1.54) is 10.9 Å². The van der Waals surface area contributed by atoms with Crippen LogP contribution in [0.1, 0.15) is 28.5 Å². The Bertz CT molecular complexity index is 1580. The Morgan fingerprint density at radius 1 is 1.06 bits per heavy atom. The van der Waals surface area contributed by atoms with Gasteiger partial charge in [-0.25, -0.2) is 4.98 Å². The lowest BCUT2D eigenvalue weighted by Crippen LogP contribution is -2.46. The molecule has 3 aromatic heterocycles. The van der Waals surface area contributed by atoms with Gasteiger partial charge in [0.15, 0.2) is 5.65 Å². The minimum Gasteiger partial charge on any atom is -0.394 e. The van der Waals surface area contributed by atoms with Gasteiger partial charge in [0.25, 0.3) is 5.91 Å². The van der Waals surface area contributed by atoms with E-state index in [1.54, 1.807) is 36.7 Å². The van der Waals surface area contributed by atoms with Crippen LogP contribution in [0.2, 0.25) is 0 Å². The van der Waals surface area contributed by atoms with Crippen molar-refractivity contribution in [2.24, 2.45) is 7.05 Å². The SMILES string of the molecule is Cn1nc2c3cc(C(=O)NC(C)(CO)c4ccccc4)ccc3n(-c3ccc(C(F)(F)F)nc3)c2n1. The van der Waals surface area contributed by atoms with E-state index in [1.807, 2.05) is 30.3 Å². The van der Waals surface area contributed by atoms with E-state index in [-0.39, 0.29) is 6.61 Å². The van der Waals surface area contributed by atoms with Crippen LogP contribution in [0.5, 0.6) is 0 Å². The number of nitrogens with zero attached hydrogens (tertiary/aromatic N) is 5. The molecular formula is C25H21F3N6O2. The van der Waals surface area contributed by atoms with Crippen molar-refractivity contribution in [1.82, 2.24) is 29.9 Å². The van der Waals surface area contributed by atoms with Gasteiger partial charge in [-0.05, 0) is 42.8 Å². The second-order valence-corrected chi connectivity index (χ2v) is 8.64. The molecule has 0 fully saturated rings. The lowest BCUT2D eigenvalue weighted by atomic mass is 9.92. The Labute approximate surface area is 203 Å². The van der Waals surface area contributed by atoms with Crippen molar-refractivity contribution in [2.75, 3.05) is 6.61 Å². The van der Waals surface area contributed by atoms with Gasteiger partial charge in [0.05, 0.1) is 29.5 Å². The predicted molar refractivity (Wildman–Crippen MR) is 126 cm³/mol. The van der Waals surface area contributed by atoms with E-state index >= 15 is 0 Å². The first-order chi connectivity index (χ1) is 17.1. The van der Waals surface area contributed by atoms with Gasteiger partial charge in [0.1, 0.15) is 11.2 Å². The highest BCUT2D eigenvalue weighted by atomic mass is 19.4. The number of rotatable bonds is 5. The summed E-state index contributed by atoms with van der Waals surface area (Å²) in [4.78, 5) is 18.1. The number of benzene rings is 2. The first-order valence-electron chi connectivity index (χ1n) is 11.0. The zero-order valence-electron chi connectivity index (χ0n) is 19.3. The molecule has 0 saturated heterocycles. The molecule has 5 rings (SSSR count). The Hall–Kier alpha value is -4.25. The largest absolute Gasteiger partial charge is 0.433 e. The molecule has 0 spiro atoms. The summed E-state index contributed by atoms with van der Waals surface area (Å²) in [6.45, 7) is 1.42. The monoisotopic (exact) mass is 494 g/mol. The molecule has 0 aliphatic rings. The minimum absolute atomic E-state index is 0.309. The molecule has 1 amide bonds. The number of aliphatic hydroxyl groups is 1. The van der Waals surface area contributed by atoms with Gasteiger partial charge in [-0.3, -0.25) is 9.36 Å². The number of carbonyl (C=O) groups excluding carboxylic acids is 1. The van der Waals surface area contributed by atoms with Gasteiger partial charge in [-0.1, -0.05) is 30.3 Å². The molecule has 184 valence electrons. The van der Waals surface area contributed by atoms with Crippen LogP contribution in [-0.4, -0.2) is 42.2 Å². The molecule has 0 radical (unpaired) electrons. The molecule has 0 aliphatic carbocycles. The fourth-order valence-electron chi connectivity index (χ4n) is 4.18. The molecule has 2 N–H and O–H groups in total. The average molecular weight is 494 g/mol. The van der Waals surface area contributed by atoms with E-state index in [2.05, 4.69) is 20.5 Å². The summed E-state index contributed by atoms with van der Waals surface area (Å²) >= 11 is 0. The number of aryl methyl sites for hydroxylation is 1. The summed E-state index contributed by atoms with van der Waals surface area (Å²) in [7, 11) is 1.63. The Kier molecular flexibility index (Phi) is 5.51. The molecule has 11 heteroatoms. The van der Waals surface area contributed by atoms with Crippen LogP contribution in [0.4, 0.5) is 13.2 Å². The standard InChI is InChI=1S/C25H21F3N6O2/c1-24(14-35,16-6-4-3-5-7-16)30-23(36)15-8-10-19-18(12-15)21-22(32-33(2)31-21)34(19)17-9-11-20(29-13-17)25(26,27)28/h3-13,35H,14H2,1-2H3,(H,30,36). The fraction of sp³-hybridized carbons (Fsp3) is 0.200. The highest BCUT2D eigenvalue weighted by Gasteiger charge is 2.32. The molecule has 5 aromatic rings. The lowest BCUT2D eigenvalue weighted by molar-refractivity contribution is -0.141. The summed E-state index contributed by atoms with van der Waals surface area (Å²) in [5, 5.41) is 22.3. The minimum atomic E-state index is -4.55. The molecule has 1 unspecified atom stereocenters. The average Bonchev–Trinajstić information content (AvgIpc) is 3.38. The summed E-state index contributed by atoms with van der Waals surface area (Å²) in [6.07, 6.45) is -3.42. The van der Waals surface area contributed by atoms with Crippen molar-refractivity contribution in [3.8, 4) is 5.69 Å². The number of hydrogen-bond donors (Lipinski definition) is 2. The number of alkyl halides is 3. The van der Waals surface area contributed by atoms with Gasteiger partial charge in [-0.15, -0.1) is 5.10 Å². The van der Waals surface area contributed by atoms with Crippen LogP contribution in [0, 0.1) is 0 Å². The van der Waals surface area contributed by atoms with Gasteiger partial charge in [0, 0.05) is 18.0 Å². The summed E-state index contributed by atoms with van der Waals surface area (Å²) in [5.74, 6) is -0.404. The van der Waals surface area contributed by atoms with Crippen LogP contribution < -0.4 is 5.32 Å². The van der Waals surface area contributed by atoms with E-state index < -0.39 is 23.3 Å². The normalized spacial score (nSPS) is 13.7. The van der Waals surface area contributed by atoms with Crippen LogP contribution in [0.25, 0.3) is 27.8 Å². The number of pyridine rings is 1. The number of halogens is 3. The maximum Gasteiger partial charge on any atom is 0.433 e. The van der Waals surface area contributed by atoms with Crippen LogP contribution in [0.15, 0.2) is 66.9 Å².